The maximum Gasteiger partial charge on any atom is 0.434 e. The molecular weight excluding hydrogens is 421 g/mol. The molecule has 32 heavy (non-hydrogen) atoms. The van der Waals surface area contributed by atoms with E-state index < -0.39 is 23.3 Å². The van der Waals surface area contributed by atoms with E-state index >= 15 is 0 Å². The summed E-state index contributed by atoms with van der Waals surface area (Å²) in [6.45, 7) is 2.30. The summed E-state index contributed by atoms with van der Waals surface area (Å²) in [4.78, 5) is 16.6. The zero-order valence-electron chi connectivity index (χ0n) is 17.0. The molecule has 0 saturated heterocycles. The van der Waals surface area contributed by atoms with Crippen LogP contribution >= 0.6 is 0 Å². The van der Waals surface area contributed by atoms with E-state index in [1.807, 2.05) is 19.1 Å². The molecular formula is C22H19F3N6O. The van der Waals surface area contributed by atoms with Gasteiger partial charge in [0.1, 0.15) is 12.7 Å². The second-order valence-electron chi connectivity index (χ2n) is 7.20. The zero-order chi connectivity index (χ0) is 22.7. The number of hydrogen-bond donors (Lipinski definition) is 1. The Balaban J connectivity index is 1.58. The van der Waals surface area contributed by atoms with Gasteiger partial charge in [-0.2, -0.15) is 23.4 Å². The smallest absolute Gasteiger partial charge is 0.348 e. The average molecular weight is 440 g/mol. The highest BCUT2D eigenvalue weighted by molar-refractivity contribution is 5.95. The fourth-order valence-corrected chi connectivity index (χ4v) is 3.31. The van der Waals surface area contributed by atoms with Gasteiger partial charge < -0.3 is 5.32 Å². The maximum atomic E-state index is 13.9. The van der Waals surface area contributed by atoms with Crippen molar-refractivity contribution in [1.82, 2.24) is 29.9 Å². The molecule has 4 aromatic rings. The summed E-state index contributed by atoms with van der Waals surface area (Å²) < 4.78 is 43.9. The van der Waals surface area contributed by atoms with Gasteiger partial charge in [0.25, 0.3) is 5.91 Å². The molecule has 0 fully saturated rings. The number of hydrogen-bond acceptors (Lipinski definition) is 4. The van der Waals surface area contributed by atoms with E-state index in [4.69, 9.17) is 0 Å². The van der Waals surface area contributed by atoms with Crippen LogP contribution in [-0.2, 0) is 19.3 Å². The minimum absolute atomic E-state index is 0.0523. The maximum absolute atomic E-state index is 13.9. The third-order valence-corrected chi connectivity index (χ3v) is 4.92. The second-order valence-corrected chi connectivity index (χ2v) is 7.20. The van der Waals surface area contributed by atoms with Crippen molar-refractivity contribution in [2.45, 2.75) is 26.2 Å². The quantitative estimate of drug-likeness (QED) is 0.495. The monoisotopic (exact) mass is 440 g/mol. The first-order valence-corrected chi connectivity index (χ1v) is 9.72. The molecule has 0 bridgehead atoms. The number of carbonyl (C=O) groups is 1. The lowest BCUT2D eigenvalue weighted by atomic mass is 10.1. The van der Waals surface area contributed by atoms with Crippen molar-refractivity contribution in [3.05, 3.63) is 95.3 Å². The number of amides is 1. The highest BCUT2D eigenvalue weighted by atomic mass is 19.4. The molecule has 164 valence electrons. The molecule has 10 heteroatoms. The highest BCUT2D eigenvalue weighted by Crippen LogP contribution is 2.33. The van der Waals surface area contributed by atoms with Gasteiger partial charge in [0.15, 0.2) is 5.69 Å². The van der Waals surface area contributed by atoms with E-state index in [0.29, 0.717) is 6.54 Å². The van der Waals surface area contributed by atoms with Gasteiger partial charge in [-0.1, -0.05) is 42.0 Å². The normalized spacial score (nSPS) is 11.5. The molecule has 1 N–H and O–H groups in total. The fraction of sp³-hybridized carbons (Fsp3) is 0.182. The Morgan fingerprint density at radius 3 is 2.41 bits per heavy atom. The molecule has 0 unspecified atom stereocenters. The molecule has 2 aromatic heterocycles. The van der Waals surface area contributed by atoms with Crippen LogP contribution in [0.3, 0.4) is 0 Å². The first kappa shape index (κ1) is 21.3. The Labute approximate surface area is 181 Å². The topological polar surface area (TPSA) is 77.6 Å². The molecule has 0 atom stereocenters. The minimum atomic E-state index is -4.76. The van der Waals surface area contributed by atoms with Crippen LogP contribution in [0.4, 0.5) is 13.2 Å². The largest absolute Gasteiger partial charge is 0.434 e. The number of nitrogens with zero attached hydrogens (tertiary/aromatic N) is 5. The molecule has 7 nitrogen and oxygen atoms in total. The van der Waals surface area contributed by atoms with E-state index in [-0.39, 0.29) is 12.2 Å². The van der Waals surface area contributed by atoms with E-state index in [1.54, 1.807) is 35.3 Å². The molecule has 0 radical (unpaired) electrons. The van der Waals surface area contributed by atoms with Crippen LogP contribution < -0.4 is 5.32 Å². The Hall–Kier alpha value is -3.95. The minimum Gasteiger partial charge on any atom is -0.348 e. The van der Waals surface area contributed by atoms with Crippen LogP contribution in [0.2, 0.25) is 0 Å². The van der Waals surface area contributed by atoms with Crippen molar-refractivity contribution in [2.24, 2.45) is 0 Å². The van der Waals surface area contributed by atoms with Gasteiger partial charge >= 0.3 is 6.18 Å². The van der Waals surface area contributed by atoms with Crippen molar-refractivity contribution in [1.29, 1.82) is 0 Å². The van der Waals surface area contributed by atoms with Crippen LogP contribution in [0.15, 0.2) is 67.4 Å². The number of alkyl halides is 3. The average Bonchev–Trinajstić information content (AvgIpc) is 3.43. The summed E-state index contributed by atoms with van der Waals surface area (Å²) in [7, 11) is 0. The Bertz CT molecular complexity index is 1210. The summed E-state index contributed by atoms with van der Waals surface area (Å²) in [5.41, 5.74) is 1.10. The van der Waals surface area contributed by atoms with Gasteiger partial charge in [-0.25, -0.2) is 14.3 Å². The number of aromatic nitrogens is 5. The predicted octanol–water partition coefficient (Wildman–Crippen LogP) is 3.77. The predicted molar refractivity (Wildman–Crippen MR) is 110 cm³/mol. The summed E-state index contributed by atoms with van der Waals surface area (Å²) in [5.74, 6) is -0.855. The Morgan fingerprint density at radius 2 is 1.75 bits per heavy atom. The number of rotatable bonds is 6. The van der Waals surface area contributed by atoms with Crippen molar-refractivity contribution < 1.29 is 18.0 Å². The number of halogens is 3. The molecule has 0 aliphatic heterocycles. The van der Waals surface area contributed by atoms with E-state index in [1.165, 1.54) is 18.5 Å². The SMILES string of the molecule is Cc1ccc(-n2ncc(C(=O)NCc3ccccc3Cn3cncn3)c2C(F)(F)F)cc1. The summed E-state index contributed by atoms with van der Waals surface area (Å²) in [5, 5.41) is 10.5. The van der Waals surface area contributed by atoms with Gasteiger partial charge in [-0.05, 0) is 30.2 Å². The summed E-state index contributed by atoms with van der Waals surface area (Å²) in [6, 6.07) is 13.7. The lowest BCUT2D eigenvalue weighted by Crippen LogP contribution is -2.27. The molecule has 4 rings (SSSR count). The van der Waals surface area contributed by atoms with Crippen LogP contribution in [0, 0.1) is 6.92 Å². The Kier molecular flexibility index (Phi) is 5.76. The van der Waals surface area contributed by atoms with Crippen molar-refractivity contribution >= 4 is 5.91 Å². The molecule has 0 aliphatic rings. The van der Waals surface area contributed by atoms with Crippen molar-refractivity contribution in [3.63, 3.8) is 0 Å². The third kappa shape index (κ3) is 4.53. The molecule has 1 amide bonds. The van der Waals surface area contributed by atoms with E-state index in [0.717, 1.165) is 27.6 Å². The Morgan fingerprint density at radius 1 is 1.03 bits per heavy atom. The number of aryl methyl sites for hydroxylation is 1. The van der Waals surface area contributed by atoms with Crippen molar-refractivity contribution in [2.75, 3.05) is 0 Å². The van der Waals surface area contributed by atoms with E-state index in [2.05, 4.69) is 20.5 Å². The highest BCUT2D eigenvalue weighted by Gasteiger charge is 2.40. The molecule has 2 aromatic carbocycles. The molecule has 0 aliphatic carbocycles. The zero-order valence-corrected chi connectivity index (χ0v) is 17.0. The van der Waals surface area contributed by atoms with E-state index in [9.17, 15) is 18.0 Å². The summed E-state index contributed by atoms with van der Waals surface area (Å²) >= 11 is 0. The number of nitrogens with one attached hydrogen (secondary N) is 1. The van der Waals surface area contributed by atoms with Gasteiger partial charge in [0, 0.05) is 6.54 Å². The number of benzene rings is 2. The molecule has 0 saturated carbocycles. The van der Waals surface area contributed by atoms with Gasteiger partial charge in [-0.15, -0.1) is 0 Å². The van der Waals surface area contributed by atoms with Crippen LogP contribution in [0.5, 0.6) is 0 Å². The lowest BCUT2D eigenvalue weighted by molar-refractivity contribution is -0.143. The first-order valence-electron chi connectivity index (χ1n) is 9.72. The molecule has 2 heterocycles. The summed E-state index contributed by atoms with van der Waals surface area (Å²) in [6.07, 6.45) is -0.850. The fourth-order valence-electron chi connectivity index (χ4n) is 3.31. The standard InChI is InChI=1S/C22H19F3N6O/c1-15-6-8-18(9-7-15)31-20(22(23,24)25)19(11-28-31)21(32)27-10-16-4-2-3-5-17(16)12-30-14-26-13-29-30/h2-9,11,13-14H,10,12H2,1H3,(H,27,32). The third-order valence-electron chi connectivity index (χ3n) is 4.92. The van der Waals surface area contributed by atoms with Gasteiger partial charge in [-0.3, -0.25) is 4.79 Å². The van der Waals surface area contributed by atoms with Crippen LogP contribution in [-0.4, -0.2) is 30.5 Å². The van der Waals surface area contributed by atoms with Crippen LogP contribution in [0.1, 0.15) is 32.7 Å². The molecule has 0 spiro atoms. The van der Waals surface area contributed by atoms with Gasteiger partial charge in [0.05, 0.1) is 24.0 Å². The van der Waals surface area contributed by atoms with Crippen molar-refractivity contribution in [3.8, 4) is 5.69 Å². The van der Waals surface area contributed by atoms with Gasteiger partial charge in [0.2, 0.25) is 0 Å². The second kappa shape index (κ2) is 8.66. The van der Waals surface area contributed by atoms with Crippen LogP contribution in [0.25, 0.3) is 5.69 Å². The number of carbonyl (C=O) groups excluding carboxylic acids is 1. The lowest BCUT2D eigenvalue weighted by Gasteiger charge is -2.14. The first-order chi connectivity index (χ1) is 15.3.